The van der Waals surface area contributed by atoms with Gasteiger partial charge in [-0.2, -0.15) is 4.72 Å². The molecular formula is C25H35N3O4S. The van der Waals surface area contributed by atoms with Crippen LogP contribution in [0, 0.1) is 5.92 Å². The summed E-state index contributed by atoms with van der Waals surface area (Å²) in [5.41, 5.74) is 1.15. The van der Waals surface area contributed by atoms with Gasteiger partial charge in [-0.15, -0.1) is 0 Å². The van der Waals surface area contributed by atoms with Crippen LogP contribution in [0.25, 0.3) is 0 Å². The van der Waals surface area contributed by atoms with Gasteiger partial charge < -0.3 is 10.1 Å². The largest absolute Gasteiger partial charge is 0.497 e. The van der Waals surface area contributed by atoms with Crippen molar-refractivity contribution in [1.29, 1.82) is 0 Å². The van der Waals surface area contributed by atoms with E-state index in [4.69, 9.17) is 4.74 Å². The maximum Gasteiger partial charge on any atom is 0.241 e. The molecular weight excluding hydrogens is 438 g/mol. The Balaban J connectivity index is 1.72. The number of carbonyl (C=O) groups excluding carboxylic acids is 1. The van der Waals surface area contributed by atoms with Crippen LogP contribution in [0.2, 0.25) is 0 Å². The van der Waals surface area contributed by atoms with E-state index in [2.05, 4.69) is 27.1 Å². The molecule has 1 amide bonds. The average molecular weight is 474 g/mol. The van der Waals surface area contributed by atoms with Gasteiger partial charge in [0.15, 0.2) is 0 Å². The van der Waals surface area contributed by atoms with Gasteiger partial charge in [0.1, 0.15) is 11.8 Å². The quantitative estimate of drug-likeness (QED) is 0.523. The Labute approximate surface area is 197 Å². The Kier molecular flexibility index (Phi) is 8.88. The number of sulfonamides is 1. The maximum atomic E-state index is 13.2. The van der Waals surface area contributed by atoms with E-state index >= 15 is 0 Å². The molecule has 1 fully saturated rings. The number of rotatable bonds is 11. The molecule has 3 rings (SSSR count). The number of carbonyl (C=O) groups is 1. The summed E-state index contributed by atoms with van der Waals surface area (Å²) in [6.45, 7) is 6.36. The lowest BCUT2D eigenvalue weighted by Gasteiger charge is -2.29. The molecule has 0 spiro atoms. The second kappa shape index (κ2) is 11.6. The average Bonchev–Trinajstić information content (AvgIpc) is 3.33. The number of hydrogen-bond acceptors (Lipinski definition) is 5. The summed E-state index contributed by atoms with van der Waals surface area (Å²) in [6.07, 6.45) is 2.70. The molecule has 2 atom stereocenters. The summed E-state index contributed by atoms with van der Waals surface area (Å²) >= 11 is 0. The van der Waals surface area contributed by atoms with Crippen LogP contribution in [0.3, 0.4) is 0 Å². The molecule has 1 aliphatic heterocycles. The number of likely N-dealkylation sites (tertiary alicyclic amines) is 1. The first kappa shape index (κ1) is 25.2. The highest BCUT2D eigenvalue weighted by Crippen LogP contribution is 2.24. The van der Waals surface area contributed by atoms with Crippen molar-refractivity contribution in [3.05, 3.63) is 60.2 Å². The molecule has 0 saturated carbocycles. The number of nitrogens with zero attached hydrogens (tertiary/aromatic N) is 1. The van der Waals surface area contributed by atoms with Gasteiger partial charge in [-0.25, -0.2) is 8.42 Å². The Bertz CT molecular complexity index is 988. The van der Waals surface area contributed by atoms with Crippen LogP contribution in [-0.2, 0) is 14.8 Å². The third-order valence-corrected chi connectivity index (χ3v) is 7.41. The first-order valence-electron chi connectivity index (χ1n) is 11.5. The van der Waals surface area contributed by atoms with Gasteiger partial charge in [0.25, 0.3) is 0 Å². The van der Waals surface area contributed by atoms with Crippen LogP contribution < -0.4 is 14.8 Å². The van der Waals surface area contributed by atoms with E-state index in [-0.39, 0.29) is 22.8 Å². The molecule has 8 heteroatoms. The van der Waals surface area contributed by atoms with Crippen LogP contribution in [0.1, 0.15) is 44.7 Å². The van der Waals surface area contributed by atoms with Gasteiger partial charge >= 0.3 is 0 Å². The Hall–Kier alpha value is -2.42. The second-order valence-corrected chi connectivity index (χ2v) is 10.6. The van der Waals surface area contributed by atoms with Crippen molar-refractivity contribution in [2.45, 2.75) is 50.1 Å². The highest BCUT2D eigenvalue weighted by molar-refractivity contribution is 7.89. The van der Waals surface area contributed by atoms with Crippen molar-refractivity contribution < 1.29 is 17.9 Å². The van der Waals surface area contributed by atoms with Gasteiger partial charge in [0, 0.05) is 6.54 Å². The maximum absolute atomic E-state index is 13.2. The minimum Gasteiger partial charge on any atom is -0.497 e. The molecule has 2 unspecified atom stereocenters. The molecule has 2 aromatic carbocycles. The molecule has 7 nitrogen and oxygen atoms in total. The van der Waals surface area contributed by atoms with Crippen LogP contribution >= 0.6 is 0 Å². The first-order chi connectivity index (χ1) is 15.8. The fraction of sp³-hybridized carbons (Fsp3) is 0.480. The van der Waals surface area contributed by atoms with Crippen molar-refractivity contribution >= 4 is 15.9 Å². The number of ether oxygens (including phenoxy) is 1. The van der Waals surface area contributed by atoms with Gasteiger partial charge in [0.2, 0.25) is 15.9 Å². The van der Waals surface area contributed by atoms with Crippen LogP contribution in [-0.4, -0.2) is 52.0 Å². The van der Waals surface area contributed by atoms with Gasteiger partial charge in [-0.1, -0.05) is 44.2 Å². The SMILES string of the molecule is COc1ccc(S(=O)(=O)NC(CC(C)C)C(=O)NCC(c2ccccc2)N2CCCC2)cc1. The lowest BCUT2D eigenvalue weighted by molar-refractivity contribution is -0.123. The Morgan fingerprint density at radius 2 is 1.67 bits per heavy atom. The van der Waals surface area contributed by atoms with Crippen LogP contribution in [0.4, 0.5) is 0 Å². The molecule has 33 heavy (non-hydrogen) atoms. The Morgan fingerprint density at radius 1 is 1.03 bits per heavy atom. The molecule has 1 aliphatic rings. The number of hydrogen-bond donors (Lipinski definition) is 2. The third-order valence-electron chi connectivity index (χ3n) is 5.93. The van der Waals surface area contributed by atoms with Crippen molar-refractivity contribution in [1.82, 2.24) is 14.9 Å². The van der Waals surface area contributed by atoms with Crippen molar-refractivity contribution in [2.24, 2.45) is 5.92 Å². The number of amides is 1. The molecule has 2 N–H and O–H groups in total. The second-order valence-electron chi connectivity index (χ2n) is 8.89. The summed E-state index contributed by atoms with van der Waals surface area (Å²) in [6, 6.07) is 15.5. The molecule has 180 valence electrons. The molecule has 1 saturated heterocycles. The zero-order valence-electron chi connectivity index (χ0n) is 19.7. The lowest BCUT2D eigenvalue weighted by Crippen LogP contribution is -2.49. The van der Waals surface area contributed by atoms with E-state index in [1.807, 2.05) is 32.0 Å². The van der Waals surface area contributed by atoms with E-state index in [0.717, 1.165) is 31.5 Å². The highest BCUT2D eigenvalue weighted by atomic mass is 32.2. The molecule has 0 bridgehead atoms. The lowest BCUT2D eigenvalue weighted by atomic mass is 10.0. The summed E-state index contributed by atoms with van der Waals surface area (Å²) < 4.78 is 33.6. The monoisotopic (exact) mass is 473 g/mol. The van der Waals surface area contributed by atoms with E-state index < -0.39 is 16.1 Å². The van der Waals surface area contributed by atoms with Crippen molar-refractivity contribution in [2.75, 3.05) is 26.7 Å². The third kappa shape index (κ3) is 7.03. The molecule has 0 aromatic heterocycles. The highest BCUT2D eigenvalue weighted by Gasteiger charge is 2.29. The number of benzene rings is 2. The molecule has 1 heterocycles. The zero-order valence-corrected chi connectivity index (χ0v) is 20.5. The predicted molar refractivity (Wildman–Crippen MR) is 130 cm³/mol. The van der Waals surface area contributed by atoms with E-state index in [9.17, 15) is 13.2 Å². The Morgan fingerprint density at radius 3 is 2.24 bits per heavy atom. The minimum absolute atomic E-state index is 0.0653. The fourth-order valence-electron chi connectivity index (χ4n) is 4.20. The first-order valence-corrected chi connectivity index (χ1v) is 13.0. The van der Waals surface area contributed by atoms with Gasteiger partial charge in [-0.05, 0) is 68.1 Å². The normalized spacial score (nSPS) is 16.5. The summed E-state index contributed by atoms with van der Waals surface area (Å²) in [5.74, 6) is 0.406. The number of methoxy groups -OCH3 is 1. The van der Waals surface area contributed by atoms with Gasteiger partial charge in [-0.3, -0.25) is 9.69 Å². The van der Waals surface area contributed by atoms with E-state index in [1.165, 1.54) is 19.2 Å². The minimum atomic E-state index is -3.86. The van der Waals surface area contributed by atoms with Crippen molar-refractivity contribution in [3.63, 3.8) is 0 Å². The van der Waals surface area contributed by atoms with Crippen molar-refractivity contribution in [3.8, 4) is 5.75 Å². The molecule has 0 radical (unpaired) electrons. The summed E-state index contributed by atoms with van der Waals surface area (Å²) in [4.78, 5) is 15.6. The zero-order chi connectivity index (χ0) is 23.8. The smallest absolute Gasteiger partial charge is 0.241 e. The van der Waals surface area contributed by atoms with E-state index in [0.29, 0.717) is 18.7 Å². The standard InChI is InChI=1S/C25H35N3O4S/c1-19(2)17-23(27-33(30,31)22-13-11-21(32-3)12-14-22)25(29)26-18-24(28-15-7-8-16-28)20-9-5-4-6-10-20/h4-6,9-14,19,23-24,27H,7-8,15-18H2,1-3H3,(H,26,29). The topological polar surface area (TPSA) is 87.7 Å². The molecule has 2 aromatic rings. The predicted octanol–water partition coefficient (Wildman–Crippen LogP) is 3.34. The summed E-state index contributed by atoms with van der Waals surface area (Å²) in [5, 5.41) is 3.03. The fourth-order valence-corrected chi connectivity index (χ4v) is 5.41. The molecule has 0 aliphatic carbocycles. The summed E-state index contributed by atoms with van der Waals surface area (Å²) in [7, 11) is -2.33. The van der Waals surface area contributed by atoms with Crippen LogP contribution in [0.5, 0.6) is 5.75 Å². The van der Waals surface area contributed by atoms with E-state index in [1.54, 1.807) is 12.1 Å². The number of nitrogens with one attached hydrogen (secondary N) is 2. The van der Waals surface area contributed by atoms with Crippen LogP contribution in [0.15, 0.2) is 59.5 Å². The van der Waals surface area contributed by atoms with Gasteiger partial charge in [0.05, 0.1) is 18.0 Å².